The second-order valence-electron chi connectivity index (χ2n) is 6.25. The number of aliphatic hydroxyl groups is 4. The Labute approximate surface area is 145 Å². The third-order valence-corrected chi connectivity index (χ3v) is 4.02. The molecular formula is C18H35NO5. The van der Waals surface area contributed by atoms with Crippen molar-refractivity contribution in [2.75, 3.05) is 13.2 Å². The first-order chi connectivity index (χ1) is 11.5. The van der Waals surface area contributed by atoms with E-state index >= 15 is 0 Å². The van der Waals surface area contributed by atoms with Crippen molar-refractivity contribution in [2.24, 2.45) is 0 Å². The quantitative estimate of drug-likeness (QED) is 0.286. The number of carbonyl (C=O) groups excluding carboxylic acids is 1. The van der Waals surface area contributed by atoms with Crippen molar-refractivity contribution in [1.82, 2.24) is 5.32 Å². The molecule has 24 heavy (non-hydrogen) atoms. The minimum Gasteiger partial charge on any atom is -0.394 e. The Morgan fingerprint density at radius 3 is 2.00 bits per heavy atom. The molecule has 0 fully saturated rings. The number of Topliss-reactive ketones (excluding diaryl/α,β-unsaturated/α-hetero) is 1. The van der Waals surface area contributed by atoms with Crippen LogP contribution in [0.5, 0.6) is 0 Å². The number of carbonyl (C=O) groups is 1. The summed E-state index contributed by atoms with van der Waals surface area (Å²) in [5.41, 5.74) is 1.26. The Balaban J connectivity index is 4.40. The minimum absolute atomic E-state index is 0.124. The number of rotatable bonds is 15. The van der Waals surface area contributed by atoms with E-state index in [0.717, 1.165) is 38.5 Å². The first-order valence-electron chi connectivity index (χ1n) is 9.06. The monoisotopic (exact) mass is 345 g/mol. The van der Waals surface area contributed by atoms with Crippen LogP contribution in [0.4, 0.5) is 0 Å². The van der Waals surface area contributed by atoms with Crippen molar-refractivity contribution in [3.05, 3.63) is 11.8 Å². The normalized spacial score (nSPS) is 14.8. The maximum atomic E-state index is 11.8. The molecule has 0 radical (unpaired) electrons. The van der Waals surface area contributed by atoms with Crippen LogP contribution in [0.25, 0.3) is 0 Å². The average molecular weight is 345 g/mol. The summed E-state index contributed by atoms with van der Waals surface area (Å²) in [5, 5.41) is 40.1. The zero-order valence-electron chi connectivity index (χ0n) is 15.1. The van der Waals surface area contributed by atoms with Crippen LogP contribution < -0.4 is 5.32 Å². The molecular weight excluding hydrogens is 310 g/mol. The fourth-order valence-corrected chi connectivity index (χ4v) is 2.38. The zero-order valence-corrected chi connectivity index (χ0v) is 15.1. The molecule has 0 rings (SSSR count). The maximum absolute atomic E-state index is 11.8. The molecule has 0 saturated carbocycles. The van der Waals surface area contributed by atoms with E-state index < -0.39 is 30.7 Å². The number of aliphatic hydroxyl groups excluding tert-OH is 4. The molecule has 0 aromatic carbocycles. The zero-order chi connectivity index (χ0) is 18.4. The summed E-state index contributed by atoms with van der Waals surface area (Å²) >= 11 is 0. The number of hydrogen-bond donors (Lipinski definition) is 5. The van der Waals surface area contributed by atoms with Crippen LogP contribution in [0.3, 0.4) is 0 Å². The first kappa shape index (κ1) is 23.1. The van der Waals surface area contributed by atoms with E-state index in [1.54, 1.807) is 0 Å². The van der Waals surface area contributed by atoms with Gasteiger partial charge in [0.1, 0.15) is 18.3 Å². The van der Waals surface area contributed by atoms with Crippen LogP contribution in [0, 0.1) is 0 Å². The Bertz CT molecular complexity index is 347. The van der Waals surface area contributed by atoms with Gasteiger partial charge < -0.3 is 25.7 Å². The lowest BCUT2D eigenvalue weighted by molar-refractivity contribution is -0.139. The van der Waals surface area contributed by atoms with Crippen molar-refractivity contribution < 1.29 is 25.2 Å². The number of unbranched alkanes of at least 4 members (excludes halogenated alkanes) is 4. The first-order valence-corrected chi connectivity index (χ1v) is 9.06. The highest BCUT2D eigenvalue weighted by molar-refractivity contribution is 5.85. The van der Waals surface area contributed by atoms with Gasteiger partial charge in [-0.3, -0.25) is 4.79 Å². The second-order valence-corrected chi connectivity index (χ2v) is 6.25. The second kappa shape index (κ2) is 14.4. The summed E-state index contributed by atoms with van der Waals surface area (Å²) in [6.07, 6.45) is 5.81. The molecule has 0 aliphatic heterocycles. The van der Waals surface area contributed by atoms with Crippen molar-refractivity contribution in [3.63, 3.8) is 0 Å². The fraction of sp³-hybridized carbons (Fsp3) is 0.833. The highest BCUT2D eigenvalue weighted by atomic mass is 16.4. The molecule has 3 atom stereocenters. The van der Waals surface area contributed by atoms with Crippen molar-refractivity contribution in [3.8, 4) is 0 Å². The molecule has 0 bridgehead atoms. The van der Waals surface area contributed by atoms with Gasteiger partial charge >= 0.3 is 0 Å². The van der Waals surface area contributed by atoms with E-state index in [4.69, 9.17) is 5.11 Å². The molecule has 142 valence electrons. The van der Waals surface area contributed by atoms with Crippen molar-refractivity contribution in [1.29, 1.82) is 0 Å². The standard InChI is InChI=1S/C18H35NO5/c1-3-5-7-9-14(10-8-6-4-2)11-19-12-15(21)17(23)18(24)16(22)13-20/h11,16-20,22-24H,3-10,12-13H2,1-2H3. The number of hydrogen-bond acceptors (Lipinski definition) is 6. The van der Waals surface area contributed by atoms with Gasteiger partial charge in [0, 0.05) is 0 Å². The molecule has 6 nitrogen and oxygen atoms in total. The minimum atomic E-state index is -1.71. The van der Waals surface area contributed by atoms with E-state index in [2.05, 4.69) is 19.2 Å². The van der Waals surface area contributed by atoms with Crippen molar-refractivity contribution in [2.45, 2.75) is 83.5 Å². The molecule has 5 N–H and O–H groups in total. The van der Waals surface area contributed by atoms with Gasteiger partial charge in [0.2, 0.25) is 0 Å². The summed E-state index contributed by atoms with van der Waals surface area (Å²) in [7, 11) is 0. The molecule has 6 heteroatoms. The molecule has 0 aliphatic rings. The van der Waals surface area contributed by atoms with Gasteiger partial charge in [-0.25, -0.2) is 0 Å². The van der Waals surface area contributed by atoms with E-state index in [1.807, 2.05) is 6.20 Å². The Kier molecular flexibility index (Phi) is 13.8. The van der Waals surface area contributed by atoms with Crippen LogP contribution in [-0.2, 0) is 4.79 Å². The lowest BCUT2D eigenvalue weighted by Crippen LogP contribution is -2.46. The van der Waals surface area contributed by atoms with E-state index in [1.165, 1.54) is 18.4 Å². The Hall–Kier alpha value is -0.950. The molecule has 0 amide bonds. The van der Waals surface area contributed by atoms with Crippen LogP contribution in [0.15, 0.2) is 11.8 Å². The lowest BCUT2D eigenvalue weighted by Gasteiger charge is -2.20. The average Bonchev–Trinajstić information content (AvgIpc) is 2.59. The molecule has 0 aliphatic carbocycles. The highest BCUT2D eigenvalue weighted by Crippen LogP contribution is 2.15. The van der Waals surface area contributed by atoms with Gasteiger partial charge in [0.15, 0.2) is 5.78 Å². The molecule has 3 unspecified atom stereocenters. The highest BCUT2D eigenvalue weighted by Gasteiger charge is 2.29. The molecule has 0 spiro atoms. The topological polar surface area (TPSA) is 110 Å². The molecule has 0 aromatic heterocycles. The molecule has 0 heterocycles. The maximum Gasteiger partial charge on any atom is 0.182 e. The number of allylic oxidation sites excluding steroid dienone is 1. The predicted octanol–water partition coefficient (Wildman–Crippen LogP) is 1.26. The molecule has 0 aromatic rings. The lowest BCUT2D eigenvalue weighted by atomic mass is 10.0. The molecule has 0 saturated heterocycles. The predicted molar refractivity (Wildman–Crippen MR) is 94.5 cm³/mol. The van der Waals surface area contributed by atoms with Gasteiger partial charge in [0.25, 0.3) is 0 Å². The van der Waals surface area contributed by atoms with Crippen LogP contribution >= 0.6 is 0 Å². The van der Waals surface area contributed by atoms with Crippen molar-refractivity contribution >= 4 is 5.78 Å². The summed E-state index contributed by atoms with van der Waals surface area (Å²) in [4.78, 5) is 11.8. The van der Waals surface area contributed by atoms with Gasteiger partial charge in [-0.1, -0.05) is 45.1 Å². The van der Waals surface area contributed by atoms with Gasteiger partial charge in [-0.15, -0.1) is 0 Å². The van der Waals surface area contributed by atoms with Crippen LogP contribution in [0.2, 0.25) is 0 Å². The largest absolute Gasteiger partial charge is 0.394 e. The van der Waals surface area contributed by atoms with E-state index in [9.17, 15) is 20.1 Å². The van der Waals surface area contributed by atoms with Gasteiger partial charge in [0.05, 0.1) is 13.2 Å². The summed E-state index contributed by atoms with van der Waals surface area (Å²) in [6.45, 7) is 3.48. The third-order valence-electron chi connectivity index (χ3n) is 4.02. The summed E-state index contributed by atoms with van der Waals surface area (Å²) < 4.78 is 0. The van der Waals surface area contributed by atoms with Crippen LogP contribution in [-0.4, -0.2) is 57.7 Å². The van der Waals surface area contributed by atoms with E-state index in [0.29, 0.717) is 0 Å². The Morgan fingerprint density at radius 2 is 1.54 bits per heavy atom. The van der Waals surface area contributed by atoms with E-state index in [-0.39, 0.29) is 6.54 Å². The van der Waals surface area contributed by atoms with Crippen LogP contribution in [0.1, 0.15) is 65.2 Å². The van der Waals surface area contributed by atoms with Gasteiger partial charge in [-0.05, 0) is 31.9 Å². The summed E-state index contributed by atoms with van der Waals surface area (Å²) in [6, 6.07) is 0. The number of nitrogens with one attached hydrogen (secondary N) is 1. The Morgan fingerprint density at radius 1 is 1.00 bits per heavy atom. The smallest absolute Gasteiger partial charge is 0.182 e. The number of ketones is 1. The fourth-order valence-electron chi connectivity index (χ4n) is 2.38. The summed E-state index contributed by atoms with van der Waals surface area (Å²) in [5.74, 6) is -0.618. The third kappa shape index (κ3) is 10.0. The van der Waals surface area contributed by atoms with Gasteiger partial charge in [-0.2, -0.15) is 0 Å². The SMILES string of the molecule is CCCCCC(=CNCC(=O)C(O)C(O)C(O)CO)CCCCC.